The Morgan fingerprint density at radius 2 is 0.468 bits per heavy atom. The van der Waals surface area contributed by atoms with Crippen LogP contribution >= 0.6 is 0 Å². The molecule has 0 aliphatic rings. The summed E-state index contributed by atoms with van der Waals surface area (Å²) < 4.78 is 263. The molecular formula is C43H17BF18. The summed E-state index contributed by atoms with van der Waals surface area (Å²) in [6.07, 6.45) is -6.42. The summed E-state index contributed by atoms with van der Waals surface area (Å²) in [5.74, 6) is -56.3. The fourth-order valence-electron chi connectivity index (χ4n) is 7.08. The second-order valence-electron chi connectivity index (χ2n) is 13.1. The number of hydrogen-bond donors (Lipinski definition) is 0. The molecule has 0 heterocycles. The smallest absolute Gasteiger partial charge is 0.200 e. The van der Waals surface area contributed by atoms with Gasteiger partial charge in [-0.2, -0.15) is 5.46 Å². The third kappa shape index (κ3) is 7.28. The van der Waals surface area contributed by atoms with Gasteiger partial charge >= 0.3 is 0 Å². The molecule has 7 aromatic carbocycles. The summed E-state index contributed by atoms with van der Waals surface area (Å²) in [6, 6.07) is 30.2. The quantitative estimate of drug-likeness (QED) is 0.0374. The van der Waals surface area contributed by atoms with Crippen LogP contribution in [-0.2, 0) is 0 Å². The first kappa shape index (κ1) is 44.8. The van der Waals surface area contributed by atoms with Crippen LogP contribution in [0, 0.1) is 111 Å². The van der Waals surface area contributed by atoms with Crippen LogP contribution in [0.3, 0.4) is 0 Å². The Morgan fingerprint density at radius 1 is 0.258 bits per heavy atom. The Balaban J connectivity index is 0.000000278. The first-order chi connectivity index (χ1) is 29.3. The molecule has 0 bridgehead atoms. The van der Waals surface area contributed by atoms with Crippen LogP contribution in [0.5, 0.6) is 0 Å². The molecule has 7 rings (SSSR count). The van der Waals surface area contributed by atoms with Gasteiger partial charge < -0.3 is 0 Å². The molecule has 0 aliphatic heterocycles. The normalized spacial score (nSPS) is 11.4. The van der Waals surface area contributed by atoms with Gasteiger partial charge in [-0.15, -0.1) is 16.4 Å². The molecule has 7 aromatic rings. The van der Waals surface area contributed by atoms with Crippen LogP contribution in [0.15, 0.2) is 103 Å². The zero-order valence-corrected chi connectivity index (χ0v) is 30.2. The molecule has 0 amide bonds. The molecule has 0 nitrogen and oxygen atoms in total. The fourth-order valence-corrected chi connectivity index (χ4v) is 7.08. The lowest BCUT2D eigenvalue weighted by molar-refractivity contribution is 0.380. The number of halogens is 18. The molecule has 0 atom stereocenters. The number of rotatable bonds is 7. The molecule has 0 aliphatic carbocycles. The van der Waals surface area contributed by atoms with E-state index < -0.39 is 145 Å². The van der Waals surface area contributed by atoms with E-state index in [1.165, 1.54) is 22.6 Å². The average molecular weight is 886 g/mol. The summed E-state index contributed by atoms with van der Waals surface area (Å²) in [5, 5.41) is 0. The topological polar surface area (TPSA) is 0 Å². The predicted octanol–water partition coefficient (Wildman–Crippen LogP) is 10.3. The van der Waals surface area contributed by atoms with Gasteiger partial charge in [0.1, 0.15) is 41.0 Å². The molecule has 0 N–H and O–H groups in total. The van der Waals surface area contributed by atoms with Crippen LogP contribution in [-0.4, -0.2) is 6.15 Å². The van der Waals surface area contributed by atoms with Gasteiger partial charge in [0.25, 0.3) is 0 Å². The zero-order valence-electron chi connectivity index (χ0n) is 30.2. The van der Waals surface area contributed by atoms with Gasteiger partial charge in [0.05, 0.1) is 22.6 Å². The van der Waals surface area contributed by atoms with Crippen molar-refractivity contribution in [2.45, 2.75) is 0 Å². The maximum absolute atomic E-state index is 15.3. The van der Waals surface area contributed by atoms with Crippen molar-refractivity contribution >= 4 is 28.0 Å². The highest BCUT2D eigenvalue weighted by Crippen LogP contribution is 2.31. The highest BCUT2D eigenvalue weighted by atomic mass is 19.2. The van der Waals surface area contributed by atoms with Gasteiger partial charge in [-0.25, -0.2) is 79.0 Å². The number of hydrogen-bond acceptors (Lipinski definition) is 0. The van der Waals surface area contributed by atoms with Gasteiger partial charge in [-0.1, -0.05) is 30.3 Å². The lowest BCUT2D eigenvalue weighted by Crippen LogP contribution is -2.79. The predicted molar refractivity (Wildman–Crippen MR) is 189 cm³/mol. The Kier molecular flexibility index (Phi) is 12.5. The molecule has 0 saturated carbocycles. The van der Waals surface area contributed by atoms with Gasteiger partial charge in [0.2, 0.25) is 0 Å². The van der Waals surface area contributed by atoms with E-state index >= 15 is 26.3 Å². The van der Waals surface area contributed by atoms with Gasteiger partial charge in [0, 0.05) is 0 Å². The third-order valence-electron chi connectivity index (χ3n) is 9.72. The maximum Gasteiger partial charge on any atom is 0.200 e. The van der Waals surface area contributed by atoms with Crippen LogP contribution in [0.2, 0.25) is 0 Å². The summed E-state index contributed by atoms with van der Waals surface area (Å²) in [6.45, 7) is 0. The molecule has 0 unspecified atom stereocenters. The highest BCUT2D eigenvalue weighted by Gasteiger charge is 2.49. The van der Waals surface area contributed by atoms with Crippen molar-refractivity contribution in [3.8, 4) is 0 Å². The standard InChI is InChI=1S/C24H2BF18.C19H15/c26-4-1-3(2-5(27)9(4)28)25(6-10(29)16(35)22(41)17(36)11(6)30,7-12(31)18(37)23(42)19(38)13(7)32)8-14(33)20(39)24(43)21(40)15(8)34;1-4-10-16(11-5-1)19(17-12-6-2-7-13-17)18-14-8-3-9-15-18/h1-2H;1-15H/q-1;+1. The molecule has 0 aromatic heterocycles. The monoisotopic (exact) mass is 886 g/mol. The average Bonchev–Trinajstić information content (AvgIpc) is 3.27. The molecule has 318 valence electrons. The first-order valence-electron chi connectivity index (χ1n) is 17.2. The fraction of sp³-hybridized carbons (Fsp3) is 0. The second kappa shape index (κ2) is 17.3. The van der Waals surface area contributed by atoms with Crippen LogP contribution in [0.1, 0.15) is 16.7 Å². The van der Waals surface area contributed by atoms with E-state index in [2.05, 4.69) is 91.0 Å². The minimum absolute atomic E-state index is 0.743. The van der Waals surface area contributed by atoms with Crippen molar-refractivity contribution < 1.29 is 79.0 Å². The zero-order chi connectivity index (χ0) is 45.5. The summed E-state index contributed by atoms with van der Waals surface area (Å²) in [5.41, 5.74) is -7.94. The van der Waals surface area contributed by atoms with E-state index in [-0.39, 0.29) is 0 Å². The van der Waals surface area contributed by atoms with Crippen molar-refractivity contribution in [3.05, 3.63) is 230 Å². The van der Waals surface area contributed by atoms with Crippen molar-refractivity contribution in [2.75, 3.05) is 0 Å². The molecular weight excluding hydrogens is 869 g/mol. The minimum atomic E-state index is -6.42. The second-order valence-corrected chi connectivity index (χ2v) is 13.1. The van der Waals surface area contributed by atoms with Crippen molar-refractivity contribution in [2.24, 2.45) is 0 Å². The Bertz CT molecular complexity index is 2460. The summed E-state index contributed by atoms with van der Waals surface area (Å²) in [7, 11) is 0. The molecule has 0 spiro atoms. The Morgan fingerprint density at radius 3 is 0.694 bits per heavy atom. The minimum Gasteiger partial charge on any atom is -0.207 e. The largest absolute Gasteiger partial charge is 0.207 e. The van der Waals surface area contributed by atoms with Crippen molar-refractivity contribution in [3.63, 3.8) is 0 Å². The lowest BCUT2D eigenvalue weighted by atomic mass is 9.12. The first-order valence-corrected chi connectivity index (χ1v) is 17.2. The van der Waals surface area contributed by atoms with E-state index in [1.54, 1.807) is 0 Å². The van der Waals surface area contributed by atoms with Crippen LogP contribution in [0.4, 0.5) is 79.0 Å². The van der Waals surface area contributed by atoms with Crippen molar-refractivity contribution in [1.29, 1.82) is 0 Å². The third-order valence-corrected chi connectivity index (χ3v) is 9.72. The SMILES string of the molecule is Fc1cc([B-](c2c(F)c(F)c(F)c(F)c2F)(c2c(F)c(F)c(F)c(F)c2F)c2c(F)c(F)c(F)c(F)c2F)cc(F)c1F.c1ccc([C+](c2ccccc2)c2ccccc2)cc1. The molecule has 62 heavy (non-hydrogen) atoms. The van der Waals surface area contributed by atoms with E-state index in [0.29, 0.717) is 0 Å². The number of benzene rings is 7. The lowest BCUT2D eigenvalue weighted by Gasteiger charge is -2.44. The highest BCUT2D eigenvalue weighted by molar-refractivity contribution is 7.20. The molecule has 0 fully saturated rings. The summed E-state index contributed by atoms with van der Waals surface area (Å²) in [4.78, 5) is 0. The van der Waals surface area contributed by atoms with Crippen LogP contribution in [0.25, 0.3) is 0 Å². The van der Waals surface area contributed by atoms with Crippen LogP contribution < -0.4 is 21.9 Å². The van der Waals surface area contributed by atoms with Gasteiger partial charge in [-0.05, 0) is 72.8 Å². The molecule has 0 radical (unpaired) electrons. The maximum atomic E-state index is 15.3. The molecule has 19 heteroatoms. The molecule has 0 saturated heterocycles. The Labute approximate surface area is 337 Å². The van der Waals surface area contributed by atoms with E-state index in [4.69, 9.17) is 0 Å². The summed E-state index contributed by atoms with van der Waals surface area (Å²) >= 11 is 0. The Hall–Kier alpha value is -6.79. The van der Waals surface area contributed by atoms with E-state index in [0.717, 1.165) is 0 Å². The van der Waals surface area contributed by atoms with E-state index in [9.17, 15) is 52.7 Å². The van der Waals surface area contributed by atoms with Gasteiger partial charge in [0.15, 0.2) is 69.8 Å². The van der Waals surface area contributed by atoms with E-state index in [1.807, 2.05) is 0 Å². The van der Waals surface area contributed by atoms with Crippen molar-refractivity contribution in [1.82, 2.24) is 0 Å². The van der Waals surface area contributed by atoms with Gasteiger partial charge in [-0.3, -0.25) is 0 Å².